The predicted octanol–water partition coefficient (Wildman–Crippen LogP) is 4.63. The molecule has 0 aromatic heterocycles. The molecule has 2 atom stereocenters. The smallest absolute Gasteiger partial charge is 0.136 e. The van der Waals surface area contributed by atoms with Gasteiger partial charge in [-0.25, -0.2) is 0 Å². The molecule has 0 saturated heterocycles. The maximum Gasteiger partial charge on any atom is 0.136 e. The van der Waals surface area contributed by atoms with Gasteiger partial charge in [0.05, 0.1) is 0 Å². The lowest BCUT2D eigenvalue weighted by molar-refractivity contribution is -0.125. The maximum absolute atomic E-state index is 12.1. The molecule has 1 aromatic rings. The second kappa shape index (κ2) is 6.36. The van der Waals surface area contributed by atoms with Crippen LogP contribution in [0.3, 0.4) is 0 Å². The highest BCUT2D eigenvalue weighted by atomic mass is 16.1. The Morgan fingerprint density at radius 3 is 2.47 bits per heavy atom. The van der Waals surface area contributed by atoms with Gasteiger partial charge < -0.3 is 0 Å². The van der Waals surface area contributed by atoms with Crippen LogP contribution < -0.4 is 0 Å². The zero-order valence-electron chi connectivity index (χ0n) is 12.5. The number of carbonyl (C=O) groups excluding carboxylic acids is 1. The number of rotatable bonds is 4. The van der Waals surface area contributed by atoms with Crippen molar-refractivity contribution in [1.82, 2.24) is 0 Å². The van der Waals surface area contributed by atoms with Crippen LogP contribution in [-0.4, -0.2) is 5.78 Å². The average Bonchev–Trinajstić information content (AvgIpc) is 2.32. The van der Waals surface area contributed by atoms with Crippen molar-refractivity contribution in [3.63, 3.8) is 0 Å². The van der Waals surface area contributed by atoms with Crippen LogP contribution in [0.2, 0.25) is 0 Å². The highest BCUT2D eigenvalue weighted by molar-refractivity contribution is 5.82. The van der Waals surface area contributed by atoms with Gasteiger partial charge in [0.25, 0.3) is 0 Å². The van der Waals surface area contributed by atoms with Crippen molar-refractivity contribution in [2.45, 2.75) is 59.3 Å². The van der Waals surface area contributed by atoms with Gasteiger partial charge in [-0.05, 0) is 44.6 Å². The Balaban J connectivity index is 2.05. The summed E-state index contributed by atoms with van der Waals surface area (Å²) in [4.78, 5) is 12.1. The minimum absolute atomic E-state index is 0.270. The van der Waals surface area contributed by atoms with Crippen molar-refractivity contribution in [2.75, 3.05) is 0 Å². The Labute approximate surface area is 117 Å². The molecule has 1 aliphatic carbocycles. The van der Waals surface area contributed by atoms with Crippen molar-refractivity contribution < 1.29 is 4.79 Å². The van der Waals surface area contributed by atoms with Crippen LogP contribution in [0, 0.1) is 25.7 Å². The molecule has 1 fully saturated rings. The van der Waals surface area contributed by atoms with E-state index in [1.165, 1.54) is 29.5 Å². The van der Waals surface area contributed by atoms with Crippen molar-refractivity contribution >= 4 is 5.78 Å². The second-order valence-electron chi connectivity index (χ2n) is 6.29. The van der Waals surface area contributed by atoms with Crippen molar-refractivity contribution in [3.8, 4) is 0 Å². The molecule has 1 heteroatoms. The minimum Gasteiger partial charge on any atom is -0.299 e. The summed E-state index contributed by atoms with van der Waals surface area (Å²) < 4.78 is 0. The number of aryl methyl sites for hydroxylation is 2. The molecule has 0 bridgehead atoms. The molecule has 2 rings (SSSR count). The van der Waals surface area contributed by atoms with Gasteiger partial charge in [0.1, 0.15) is 5.78 Å². The lowest BCUT2D eigenvalue weighted by atomic mass is 9.76. The van der Waals surface area contributed by atoms with Crippen LogP contribution >= 0.6 is 0 Å². The predicted molar refractivity (Wildman–Crippen MR) is 80.4 cm³/mol. The third kappa shape index (κ3) is 3.92. The van der Waals surface area contributed by atoms with Gasteiger partial charge in [0, 0.05) is 12.3 Å². The summed E-state index contributed by atoms with van der Waals surface area (Å²) in [6, 6.07) is 6.68. The molecule has 0 radical (unpaired) electrons. The summed E-state index contributed by atoms with van der Waals surface area (Å²) >= 11 is 0. The molecule has 1 saturated carbocycles. The van der Waals surface area contributed by atoms with E-state index in [0.29, 0.717) is 5.78 Å². The number of hydrogen-bond acceptors (Lipinski definition) is 1. The second-order valence-corrected chi connectivity index (χ2v) is 6.29. The lowest BCUT2D eigenvalue weighted by Gasteiger charge is -2.28. The van der Waals surface area contributed by atoms with Gasteiger partial charge in [-0.15, -0.1) is 0 Å². The molecular formula is C18H26O. The molecule has 0 N–H and O–H groups in total. The summed E-state index contributed by atoms with van der Waals surface area (Å²) in [7, 11) is 0. The molecule has 19 heavy (non-hydrogen) atoms. The fourth-order valence-corrected chi connectivity index (χ4v) is 3.54. The molecule has 1 nitrogen and oxygen atoms in total. The molecular weight excluding hydrogens is 232 g/mol. The van der Waals surface area contributed by atoms with E-state index in [2.05, 4.69) is 39.0 Å². The van der Waals surface area contributed by atoms with Crippen LogP contribution in [0.1, 0.15) is 55.7 Å². The number of Topliss-reactive ketones (excluding diaryl/α,β-unsaturated/α-hetero) is 1. The van der Waals surface area contributed by atoms with E-state index in [-0.39, 0.29) is 5.92 Å². The number of hydrogen-bond donors (Lipinski definition) is 0. The molecule has 104 valence electrons. The van der Waals surface area contributed by atoms with Crippen LogP contribution in [0.5, 0.6) is 0 Å². The van der Waals surface area contributed by atoms with Gasteiger partial charge >= 0.3 is 0 Å². The summed E-state index contributed by atoms with van der Waals surface area (Å²) in [5, 5.41) is 0. The Hall–Kier alpha value is -1.11. The molecule has 0 heterocycles. The first-order valence-electron chi connectivity index (χ1n) is 7.68. The lowest BCUT2D eigenvalue weighted by Crippen LogP contribution is -2.26. The topological polar surface area (TPSA) is 17.1 Å². The van der Waals surface area contributed by atoms with E-state index in [0.717, 1.165) is 31.6 Å². The highest BCUT2D eigenvalue weighted by Crippen LogP contribution is 2.32. The van der Waals surface area contributed by atoms with Gasteiger partial charge in [0.15, 0.2) is 0 Å². The molecule has 0 aliphatic heterocycles. The third-order valence-electron chi connectivity index (χ3n) is 4.33. The molecule has 2 unspecified atom stereocenters. The normalized spacial score (nSPS) is 23.6. The zero-order valence-corrected chi connectivity index (χ0v) is 12.5. The summed E-state index contributed by atoms with van der Waals surface area (Å²) in [5.41, 5.74) is 3.96. The largest absolute Gasteiger partial charge is 0.299 e. The molecule has 1 aromatic carbocycles. The van der Waals surface area contributed by atoms with E-state index in [9.17, 15) is 4.79 Å². The van der Waals surface area contributed by atoms with Crippen molar-refractivity contribution in [3.05, 3.63) is 34.9 Å². The van der Waals surface area contributed by atoms with Gasteiger partial charge in [-0.2, -0.15) is 0 Å². The van der Waals surface area contributed by atoms with Gasteiger partial charge in [-0.1, -0.05) is 49.1 Å². The molecule has 0 spiro atoms. The molecule has 1 aliphatic rings. The quantitative estimate of drug-likeness (QED) is 0.769. The first-order chi connectivity index (χ1) is 9.08. The first kappa shape index (κ1) is 14.3. The summed E-state index contributed by atoms with van der Waals surface area (Å²) in [5.74, 6) is 1.54. The van der Waals surface area contributed by atoms with Gasteiger partial charge in [-0.3, -0.25) is 4.79 Å². The van der Waals surface area contributed by atoms with E-state index in [1.54, 1.807) is 0 Å². The van der Waals surface area contributed by atoms with E-state index >= 15 is 0 Å². The van der Waals surface area contributed by atoms with Crippen LogP contribution in [0.4, 0.5) is 0 Å². The minimum atomic E-state index is 0.270. The maximum atomic E-state index is 12.1. The Morgan fingerprint density at radius 2 is 1.84 bits per heavy atom. The van der Waals surface area contributed by atoms with Crippen molar-refractivity contribution in [1.29, 1.82) is 0 Å². The van der Waals surface area contributed by atoms with Crippen LogP contribution in [-0.2, 0) is 11.2 Å². The summed E-state index contributed by atoms with van der Waals surface area (Å²) in [6.07, 6.45) is 6.52. The third-order valence-corrected chi connectivity index (χ3v) is 4.33. The number of ketones is 1. The van der Waals surface area contributed by atoms with E-state index in [1.807, 2.05) is 0 Å². The standard InChI is InChI=1S/C18H26O/c1-4-5-15-6-7-18(19)17(11-15)12-16-9-13(2)8-14(3)10-16/h8-10,15,17H,4-7,11-12H2,1-3H3. The Morgan fingerprint density at radius 1 is 1.16 bits per heavy atom. The Kier molecular flexibility index (Phi) is 4.79. The Bertz CT molecular complexity index is 427. The van der Waals surface area contributed by atoms with Crippen LogP contribution in [0.25, 0.3) is 0 Å². The highest BCUT2D eigenvalue weighted by Gasteiger charge is 2.28. The fraction of sp³-hybridized carbons (Fsp3) is 0.611. The van der Waals surface area contributed by atoms with Crippen LogP contribution in [0.15, 0.2) is 18.2 Å². The average molecular weight is 258 g/mol. The summed E-state index contributed by atoms with van der Waals surface area (Å²) in [6.45, 7) is 6.52. The number of benzene rings is 1. The number of carbonyl (C=O) groups is 1. The monoisotopic (exact) mass is 258 g/mol. The molecule has 0 amide bonds. The van der Waals surface area contributed by atoms with Crippen molar-refractivity contribution in [2.24, 2.45) is 11.8 Å². The van der Waals surface area contributed by atoms with E-state index < -0.39 is 0 Å². The fourth-order valence-electron chi connectivity index (χ4n) is 3.54. The first-order valence-corrected chi connectivity index (χ1v) is 7.68. The van der Waals surface area contributed by atoms with Gasteiger partial charge in [0.2, 0.25) is 0 Å². The zero-order chi connectivity index (χ0) is 13.8. The van der Waals surface area contributed by atoms with E-state index in [4.69, 9.17) is 0 Å². The SMILES string of the molecule is CCCC1CCC(=O)C(Cc2cc(C)cc(C)c2)C1.